The van der Waals surface area contributed by atoms with Crippen LogP contribution in [0.1, 0.15) is 54.0 Å². The third kappa shape index (κ3) is 3.06. The van der Waals surface area contributed by atoms with E-state index in [2.05, 4.69) is 19.1 Å². The van der Waals surface area contributed by atoms with Crippen LogP contribution in [0.4, 0.5) is 0 Å². The Morgan fingerprint density at radius 3 is 2.50 bits per heavy atom. The lowest BCUT2D eigenvalue weighted by Crippen LogP contribution is -2.25. The summed E-state index contributed by atoms with van der Waals surface area (Å²) in [6, 6.07) is 19.4. The van der Waals surface area contributed by atoms with Gasteiger partial charge in [0.05, 0.1) is 40.7 Å². The van der Waals surface area contributed by atoms with Crippen LogP contribution < -0.4 is 4.74 Å². The van der Waals surface area contributed by atoms with E-state index in [1.807, 2.05) is 50.2 Å². The van der Waals surface area contributed by atoms with Crippen LogP contribution in [0.2, 0.25) is 0 Å². The molecule has 2 bridgehead atoms. The predicted octanol–water partition coefficient (Wildman–Crippen LogP) is 6.23. The van der Waals surface area contributed by atoms with Gasteiger partial charge in [-0.3, -0.25) is 4.57 Å². The van der Waals surface area contributed by atoms with Crippen LogP contribution in [0.3, 0.4) is 0 Å². The molecule has 3 aromatic carbocycles. The minimum absolute atomic E-state index is 0.0169. The van der Waals surface area contributed by atoms with Gasteiger partial charge in [0.25, 0.3) is 0 Å². The van der Waals surface area contributed by atoms with E-state index >= 15 is 0 Å². The van der Waals surface area contributed by atoms with Crippen LogP contribution in [0.15, 0.2) is 54.6 Å². The summed E-state index contributed by atoms with van der Waals surface area (Å²) in [6.45, 7) is 6.49. The third-order valence-electron chi connectivity index (χ3n) is 7.89. The zero-order valence-electron chi connectivity index (χ0n) is 20.6. The average Bonchev–Trinajstić information content (AvgIpc) is 3.44. The van der Waals surface area contributed by atoms with E-state index in [1.54, 1.807) is 12.1 Å². The maximum absolute atomic E-state index is 11.6. The summed E-state index contributed by atoms with van der Waals surface area (Å²) in [5.74, 6) is 0.800. The normalized spacial score (nSPS) is 22.1. The van der Waals surface area contributed by atoms with E-state index in [9.17, 15) is 15.5 Å². The number of nitrogens with zero attached hydrogens (tertiary/aromatic N) is 2. The van der Waals surface area contributed by atoms with Crippen LogP contribution in [0, 0.1) is 25.2 Å². The molecule has 0 aliphatic carbocycles. The maximum Gasteiger partial charge on any atom is 0.205 e. The van der Waals surface area contributed by atoms with E-state index in [1.165, 1.54) is 10.1 Å². The van der Waals surface area contributed by atoms with Crippen molar-refractivity contribution in [2.45, 2.75) is 51.2 Å². The number of hydrogen-bond acceptors (Lipinski definition) is 5. The predicted molar refractivity (Wildman–Crippen MR) is 137 cm³/mol. The van der Waals surface area contributed by atoms with Gasteiger partial charge < -0.3 is 19.7 Å². The highest BCUT2D eigenvalue weighted by Crippen LogP contribution is 2.65. The summed E-state index contributed by atoms with van der Waals surface area (Å²) in [5, 5.41) is 34.2. The van der Waals surface area contributed by atoms with Gasteiger partial charge >= 0.3 is 0 Å². The van der Waals surface area contributed by atoms with Gasteiger partial charge in [0, 0.05) is 17.2 Å². The molecule has 1 fully saturated rings. The SMILES string of the molecule is Cc1ccc(OCC[C@]23CC[C@](C)(O2)c2c3c(O)n(-c3ccc(C#N)c4ccccc34)c2O)c(C)c1. The van der Waals surface area contributed by atoms with Gasteiger partial charge in [-0.1, -0.05) is 42.0 Å². The molecule has 0 radical (unpaired) electrons. The molecule has 0 saturated carbocycles. The van der Waals surface area contributed by atoms with E-state index in [0.29, 0.717) is 35.4 Å². The quantitative estimate of drug-likeness (QED) is 0.353. The van der Waals surface area contributed by atoms with Crippen molar-refractivity contribution in [3.63, 3.8) is 0 Å². The smallest absolute Gasteiger partial charge is 0.205 e. The number of aryl methyl sites for hydroxylation is 2. The lowest BCUT2D eigenvalue weighted by molar-refractivity contribution is -0.0876. The molecule has 0 spiro atoms. The molecule has 6 rings (SSSR count). The van der Waals surface area contributed by atoms with Crippen molar-refractivity contribution in [2.24, 2.45) is 0 Å². The number of aromatic nitrogens is 1. The topological polar surface area (TPSA) is 87.6 Å². The van der Waals surface area contributed by atoms with Crippen LogP contribution >= 0.6 is 0 Å². The minimum Gasteiger partial charge on any atom is -0.494 e. The van der Waals surface area contributed by atoms with Gasteiger partial charge in [-0.05, 0) is 57.4 Å². The van der Waals surface area contributed by atoms with Crippen LogP contribution in [-0.4, -0.2) is 21.4 Å². The van der Waals surface area contributed by atoms with Crippen molar-refractivity contribution >= 4 is 10.8 Å². The molecule has 2 atom stereocenters. The number of rotatable bonds is 5. The van der Waals surface area contributed by atoms with E-state index in [4.69, 9.17) is 9.47 Å². The molecular weight excluding hydrogens is 452 g/mol. The molecule has 1 saturated heterocycles. The first-order chi connectivity index (χ1) is 17.3. The minimum atomic E-state index is -0.738. The summed E-state index contributed by atoms with van der Waals surface area (Å²) in [4.78, 5) is 0. The average molecular weight is 481 g/mol. The van der Waals surface area contributed by atoms with Crippen LogP contribution in [0.5, 0.6) is 17.5 Å². The number of ether oxygens (including phenoxy) is 2. The largest absolute Gasteiger partial charge is 0.494 e. The summed E-state index contributed by atoms with van der Waals surface area (Å²) < 4.78 is 14.2. The molecule has 1 aromatic heterocycles. The number of hydrogen-bond donors (Lipinski definition) is 2. The Morgan fingerprint density at radius 2 is 1.75 bits per heavy atom. The fraction of sp³-hybridized carbons (Fsp3) is 0.300. The molecule has 2 aliphatic rings. The molecule has 2 aliphatic heterocycles. The first kappa shape index (κ1) is 22.5. The first-order valence-electron chi connectivity index (χ1n) is 12.3. The van der Waals surface area contributed by atoms with Gasteiger partial charge in [0.1, 0.15) is 11.4 Å². The summed E-state index contributed by atoms with van der Waals surface area (Å²) in [5.41, 5.74) is 3.30. The van der Waals surface area contributed by atoms with Gasteiger partial charge in [-0.25, -0.2) is 0 Å². The molecule has 0 unspecified atom stereocenters. The fourth-order valence-corrected chi connectivity index (χ4v) is 6.20. The number of nitriles is 1. The molecule has 4 aromatic rings. The van der Waals surface area contributed by atoms with Crippen LogP contribution in [0.25, 0.3) is 16.5 Å². The first-order valence-corrected chi connectivity index (χ1v) is 12.3. The van der Waals surface area contributed by atoms with Gasteiger partial charge in [-0.2, -0.15) is 5.26 Å². The van der Waals surface area contributed by atoms with Crippen molar-refractivity contribution in [1.29, 1.82) is 5.26 Å². The highest BCUT2D eigenvalue weighted by atomic mass is 16.5. The highest BCUT2D eigenvalue weighted by molar-refractivity contribution is 5.95. The van der Waals surface area contributed by atoms with Gasteiger partial charge in [0.2, 0.25) is 11.8 Å². The zero-order chi connectivity index (χ0) is 25.2. The molecule has 6 heteroatoms. The Bertz CT molecular complexity index is 1580. The lowest BCUT2D eigenvalue weighted by atomic mass is 9.78. The second-order valence-corrected chi connectivity index (χ2v) is 10.2. The van der Waals surface area contributed by atoms with Crippen molar-refractivity contribution in [3.8, 4) is 29.3 Å². The zero-order valence-corrected chi connectivity index (χ0v) is 20.6. The molecular formula is C30H28N2O4. The van der Waals surface area contributed by atoms with Gasteiger partial charge in [-0.15, -0.1) is 0 Å². The van der Waals surface area contributed by atoms with E-state index in [-0.39, 0.29) is 11.8 Å². The van der Waals surface area contributed by atoms with E-state index < -0.39 is 11.2 Å². The van der Waals surface area contributed by atoms with Crippen LogP contribution in [-0.2, 0) is 15.9 Å². The fourth-order valence-electron chi connectivity index (χ4n) is 6.20. The Balaban J connectivity index is 1.42. The maximum atomic E-state index is 11.6. The number of benzene rings is 3. The third-order valence-corrected chi connectivity index (χ3v) is 7.89. The standard InChI is InChI=1S/C30H28N2O4/c1-18-8-11-24(19(2)16-18)35-15-14-30-13-12-29(3,36-30)25-26(30)28(34)32(27(25)33)23-10-9-20(17-31)21-6-4-5-7-22(21)23/h4-11,16,33-34H,12-15H2,1-3H3/t29-,30-/m0/s1. The Morgan fingerprint density at radius 1 is 1.00 bits per heavy atom. The molecule has 6 nitrogen and oxygen atoms in total. The number of fused-ring (bicyclic) bond motifs is 6. The Labute approximate surface area is 209 Å². The second-order valence-electron chi connectivity index (χ2n) is 10.2. The Kier molecular flexibility index (Phi) is 4.86. The van der Waals surface area contributed by atoms with Crippen molar-refractivity contribution in [1.82, 2.24) is 4.57 Å². The molecule has 3 heterocycles. The summed E-state index contributed by atoms with van der Waals surface area (Å²) >= 11 is 0. The second kappa shape index (κ2) is 7.78. The monoisotopic (exact) mass is 480 g/mol. The summed E-state index contributed by atoms with van der Waals surface area (Å²) in [6.07, 6.45) is 2.03. The lowest BCUT2D eigenvalue weighted by Gasteiger charge is -2.26. The Hall–Kier alpha value is -3.95. The molecule has 36 heavy (non-hydrogen) atoms. The molecule has 2 N–H and O–H groups in total. The highest BCUT2D eigenvalue weighted by Gasteiger charge is 2.61. The summed E-state index contributed by atoms with van der Waals surface area (Å²) in [7, 11) is 0. The molecule has 182 valence electrons. The van der Waals surface area contributed by atoms with Crippen molar-refractivity contribution < 1.29 is 19.7 Å². The van der Waals surface area contributed by atoms with E-state index in [0.717, 1.165) is 34.9 Å². The van der Waals surface area contributed by atoms with Gasteiger partial charge in [0.15, 0.2) is 0 Å². The number of aromatic hydroxyl groups is 2. The van der Waals surface area contributed by atoms with Crippen molar-refractivity contribution in [3.05, 3.63) is 82.4 Å². The molecule has 0 amide bonds. The van der Waals surface area contributed by atoms with Crippen molar-refractivity contribution in [2.75, 3.05) is 6.61 Å².